The van der Waals surface area contributed by atoms with Crippen LogP contribution in [0.3, 0.4) is 0 Å². The Morgan fingerprint density at radius 3 is 2.78 bits per heavy atom. The molecule has 1 unspecified atom stereocenters. The van der Waals surface area contributed by atoms with Crippen molar-refractivity contribution in [3.8, 4) is 0 Å². The van der Waals surface area contributed by atoms with Crippen molar-refractivity contribution in [3.05, 3.63) is 29.8 Å². The zero-order valence-corrected chi connectivity index (χ0v) is 11.5. The molecule has 0 saturated heterocycles. The molecule has 1 aromatic rings. The molecule has 1 atom stereocenters. The van der Waals surface area contributed by atoms with Gasteiger partial charge in [0, 0.05) is 12.6 Å². The number of nitrogens with one attached hydrogen (secondary N) is 1. The molecule has 0 spiro atoms. The molecule has 2 aliphatic rings. The van der Waals surface area contributed by atoms with Crippen LogP contribution < -0.4 is 5.32 Å². The summed E-state index contributed by atoms with van der Waals surface area (Å²) < 4.78 is 24.0. The Bertz CT molecular complexity index is 561. The highest BCUT2D eigenvalue weighted by molar-refractivity contribution is 7.91. The van der Waals surface area contributed by atoms with Crippen molar-refractivity contribution in [1.82, 2.24) is 5.32 Å². The first-order valence-corrected chi connectivity index (χ1v) is 8.21. The van der Waals surface area contributed by atoms with Crippen LogP contribution in [0.2, 0.25) is 0 Å². The summed E-state index contributed by atoms with van der Waals surface area (Å²) in [7, 11) is -3.05. The van der Waals surface area contributed by atoms with Crippen LogP contribution in [0.1, 0.15) is 37.8 Å². The summed E-state index contributed by atoms with van der Waals surface area (Å²) in [6.07, 6.45) is 3.26. The van der Waals surface area contributed by atoms with E-state index < -0.39 is 9.84 Å². The van der Waals surface area contributed by atoms with Crippen molar-refractivity contribution < 1.29 is 8.42 Å². The highest BCUT2D eigenvalue weighted by Gasteiger charge is 2.38. The highest BCUT2D eigenvalue weighted by Crippen LogP contribution is 2.45. The molecular formula is C14H19NO2S. The molecule has 0 amide bonds. The van der Waals surface area contributed by atoms with Crippen molar-refractivity contribution in [2.45, 2.75) is 37.1 Å². The molecule has 1 aromatic carbocycles. The van der Waals surface area contributed by atoms with Gasteiger partial charge < -0.3 is 5.32 Å². The smallest absolute Gasteiger partial charge is 0.178 e. The first-order chi connectivity index (χ1) is 8.50. The van der Waals surface area contributed by atoms with Crippen molar-refractivity contribution >= 4 is 9.84 Å². The lowest BCUT2D eigenvalue weighted by Gasteiger charge is -2.27. The molecule has 0 radical (unpaired) electrons. The van der Waals surface area contributed by atoms with E-state index in [2.05, 4.69) is 12.2 Å². The van der Waals surface area contributed by atoms with Gasteiger partial charge >= 0.3 is 0 Å². The first kappa shape index (κ1) is 12.2. The number of fused-ring (bicyclic) bond motifs is 1. The Labute approximate surface area is 109 Å². The molecule has 1 aliphatic carbocycles. The fourth-order valence-corrected chi connectivity index (χ4v) is 4.18. The van der Waals surface area contributed by atoms with Crippen LogP contribution in [0.15, 0.2) is 29.2 Å². The SMILES string of the molecule is CC1(CNC2CCS(=O)(=O)c3ccccc32)CC1. The number of hydrogen-bond acceptors (Lipinski definition) is 3. The molecular weight excluding hydrogens is 246 g/mol. The van der Waals surface area contributed by atoms with Crippen LogP contribution in [-0.4, -0.2) is 20.7 Å². The average Bonchev–Trinajstić information content (AvgIpc) is 3.07. The maximum Gasteiger partial charge on any atom is 0.178 e. The third-order valence-electron chi connectivity index (χ3n) is 4.18. The van der Waals surface area contributed by atoms with E-state index in [0.717, 1.165) is 12.1 Å². The lowest BCUT2D eigenvalue weighted by molar-refractivity contribution is 0.424. The van der Waals surface area contributed by atoms with Gasteiger partial charge in [0.25, 0.3) is 0 Å². The van der Waals surface area contributed by atoms with Gasteiger partial charge in [-0.25, -0.2) is 8.42 Å². The second-order valence-electron chi connectivity index (χ2n) is 5.89. The fourth-order valence-electron chi connectivity index (χ4n) is 2.56. The molecule has 3 nitrogen and oxygen atoms in total. The fraction of sp³-hybridized carbons (Fsp3) is 0.571. The van der Waals surface area contributed by atoms with Crippen LogP contribution in [0.4, 0.5) is 0 Å². The molecule has 1 heterocycles. The maximum atomic E-state index is 12.0. The van der Waals surface area contributed by atoms with E-state index in [0.29, 0.717) is 16.7 Å². The lowest BCUT2D eigenvalue weighted by Crippen LogP contribution is -2.32. The minimum absolute atomic E-state index is 0.196. The Morgan fingerprint density at radius 2 is 2.06 bits per heavy atom. The van der Waals surface area contributed by atoms with E-state index in [1.165, 1.54) is 12.8 Å². The number of benzene rings is 1. The standard InChI is InChI=1S/C14H19NO2S/c1-14(7-8-14)10-15-12-6-9-18(16,17)13-5-3-2-4-11(12)13/h2-5,12,15H,6-10H2,1H3. The zero-order chi connectivity index (χ0) is 12.8. The van der Waals surface area contributed by atoms with Gasteiger partial charge in [0.15, 0.2) is 9.84 Å². The zero-order valence-electron chi connectivity index (χ0n) is 10.6. The molecule has 1 aliphatic heterocycles. The van der Waals surface area contributed by atoms with Crippen molar-refractivity contribution in [2.75, 3.05) is 12.3 Å². The average molecular weight is 265 g/mol. The number of rotatable bonds is 3. The third kappa shape index (κ3) is 2.19. The van der Waals surface area contributed by atoms with Gasteiger partial charge in [0.1, 0.15) is 0 Å². The van der Waals surface area contributed by atoms with Crippen molar-refractivity contribution in [1.29, 1.82) is 0 Å². The van der Waals surface area contributed by atoms with E-state index in [1.807, 2.05) is 12.1 Å². The van der Waals surface area contributed by atoms with Gasteiger partial charge in [-0.2, -0.15) is 0 Å². The second-order valence-corrected chi connectivity index (χ2v) is 7.97. The highest BCUT2D eigenvalue weighted by atomic mass is 32.2. The topological polar surface area (TPSA) is 46.2 Å². The van der Waals surface area contributed by atoms with Crippen LogP contribution in [0, 0.1) is 5.41 Å². The monoisotopic (exact) mass is 265 g/mol. The predicted molar refractivity (Wildman–Crippen MR) is 71.2 cm³/mol. The summed E-state index contributed by atoms with van der Waals surface area (Å²) in [6, 6.07) is 7.60. The normalized spacial score (nSPS) is 27.5. The van der Waals surface area contributed by atoms with Crippen LogP contribution >= 0.6 is 0 Å². The maximum absolute atomic E-state index is 12.0. The van der Waals surface area contributed by atoms with E-state index >= 15 is 0 Å². The summed E-state index contributed by atoms with van der Waals surface area (Å²) >= 11 is 0. The summed E-state index contributed by atoms with van der Waals surface area (Å²) in [4.78, 5) is 0.523. The van der Waals surface area contributed by atoms with Gasteiger partial charge in [-0.05, 0) is 36.3 Å². The Hall–Kier alpha value is -0.870. The predicted octanol–water partition coefficient (Wildman–Crippen LogP) is 2.29. The van der Waals surface area contributed by atoms with E-state index in [4.69, 9.17) is 0 Å². The second kappa shape index (κ2) is 4.07. The molecule has 1 N–H and O–H groups in total. The third-order valence-corrected chi connectivity index (χ3v) is 6.00. The first-order valence-electron chi connectivity index (χ1n) is 6.55. The Kier molecular flexibility index (Phi) is 2.75. The molecule has 3 rings (SSSR count). The van der Waals surface area contributed by atoms with Gasteiger partial charge in [0.2, 0.25) is 0 Å². The molecule has 1 saturated carbocycles. The van der Waals surface area contributed by atoms with Crippen LogP contribution in [0.5, 0.6) is 0 Å². The molecule has 0 aromatic heterocycles. The largest absolute Gasteiger partial charge is 0.309 e. The Morgan fingerprint density at radius 1 is 1.33 bits per heavy atom. The minimum Gasteiger partial charge on any atom is -0.309 e. The van der Waals surface area contributed by atoms with E-state index in [1.54, 1.807) is 12.1 Å². The molecule has 1 fully saturated rings. The van der Waals surface area contributed by atoms with E-state index in [9.17, 15) is 8.42 Å². The molecule has 98 valence electrons. The number of sulfone groups is 1. The molecule has 4 heteroatoms. The quantitative estimate of drug-likeness (QED) is 0.912. The summed E-state index contributed by atoms with van der Waals surface area (Å²) in [5.74, 6) is 0.262. The summed E-state index contributed by atoms with van der Waals surface area (Å²) in [6.45, 7) is 3.28. The number of hydrogen-bond donors (Lipinski definition) is 1. The summed E-state index contributed by atoms with van der Waals surface area (Å²) in [5, 5.41) is 3.55. The van der Waals surface area contributed by atoms with Crippen molar-refractivity contribution in [2.24, 2.45) is 5.41 Å². The van der Waals surface area contributed by atoms with Crippen molar-refractivity contribution in [3.63, 3.8) is 0 Å². The van der Waals surface area contributed by atoms with Gasteiger partial charge in [0.05, 0.1) is 10.6 Å². The molecule has 0 bridgehead atoms. The molecule has 18 heavy (non-hydrogen) atoms. The van der Waals surface area contributed by atoms with Gasteiger partial charge in [-0.15, -0.1) is 0 Å². The van der Waals surface area contributed by atoms with Crippen LogP contribution in [0.25, 0.3) is 0 Å². The van der Waals surface area contributed by atoms with E-state index in [-0.39, 0.29) is 11.8 Å². The Balaban J connectivity index is 1.85. The minimum atomic E-state index is -3.05. The van der Waals surface area contributed by atoms with Gasteiger partial charge in [-0.1, -0.05) is 25.1 Å². The van der Waals surface area contributed by atoms with Crippen LogP contribution in [-0.2, 0) is 9.84 Å². The summed E-state index contributed by atoms with van der Waals surface area (Å²) in [5.41, 5.74) is 1.40. The van der Waals surface area contributed by atoms with Gasteiger partial charge in [-0.3, -0.25) is 0 Å². The lowest BCUT2D eigenvalue weighted by atomic mass is 10.0.